The summed E-state index contributed by atoms with van der Waals surface area (Å²) in [6, 6.07) is 46.3. The molecule has 8 rings (SSSR count). The molecule has 0 saturated heterocycles. The Bertz CT molecular complexity index is 2400. The Balaban J connectivity index is 1.37. The van der Waals surface area contributed by atoms with Crippen molar-refractivity contribution in [2.24, 2.45) is 0 Å². The lowest BCUT2D eigenvalue weighted by molar-refractivity contribution is 0.661. The molecule has 0 fully saturated rings. The molecule has 0 radical (unpaired) electrons. The van der Waals surface area contributed by atoms with E-state index in [4.69, 9.17) is 0 Å². The zero-order chi connectivity index (χ0) is 37.3. The molecule has 53 heavy (non-hydrogen) atoms. The molecule has 0 aliphatic heterocycles. The van der Waals surface area contributed by atoms with Crippen molar-refractivity contribution in [2.45, 2.75) is 74.7 Å². The van der Waals surface area contributed by atoms with Crippen LogP contribution in [0.5, 0.6) is 0 Å². The van der Waals surface area contributed by atoms with E-state index in [0.29, 0.717) is 0 Å². The van der Waals surface area contributed by atoms with Crippen LogP contribution in [0.1, 0.15) is 69.5 Å². The van der Waals surface area contributed by atoms with E-state index < -0.39 is 0 Å². The van der Waals surface area contributed by atoms with Crippen molar-refractivity contribution in [1.29, 1.82) is 0 Å². The first kappa shape index (κ1) is 34.5. The Hall–Kier alpha value is -5.60. The van der Waals surface area contributed by atoms with Gasteiger partial charge in [0.25, 0.3) is 0 Å². The Morgan fingerprint density at radius 2 is 0.755 bits per heavy atom. The SMILES string of the molecule is Cc1cc(C)cc(N(c2cc(C)cc(C)c2)c2ccc3c(c2)C(C)(C)c2cc(N(c4cc(C)cc(C)c4)c4cc(C)cc(C)c4)c4ccccc4c2-3)c1. The largest absolute Gasteiger partial charge is 0.310 e. The first-order valence-corrected chi connectivity index (χ1v) is 18.9. The van der Waals surface area contributed by atoms with E-state index in [9.17, 15) is 0 Å². The molecular formula is C51H50N2. The molecule has 1 aliphatic carbocycles. The molecule has 0 atom stereocenters. The summed E-state index contributed by atoms with van der Waals surface area (Å²) in [6.07, 6.45) is 0. The number of hydrogen-bond acceptors (Lipinski definition) is 2. The maximum absolute atomic E-state index is 2.50. The van der Waals surface area contributed by atoms with Crippen molar-refractivity contribution in [3.8, 4) is 11.1 Å². The van der Waals surface area contributed by atoms with Gasteiger partial charge in [0.05, 0.1) is 5.69 Å². The summed E-state index contributed by atoms with van der Waals surface area (Å²) < 4.78 is 0. The van der Waals surface area contributed by atoms with Crippen LogP contribution in [-0.4, -0.2) is 0 Å². The van der Waals surface area contributed by atoms with Crippen molar-refractivity contribution in [3.63, 3.8) is 0 Å². The molecule has 0 saturated carbocycles. The Labute approximate surface area is 316 Å². The Morgan fingerprint density at radius 1 is 0.358 bits per heavy atom. The van der Waals surface area contributed by atoms with Gasteiger partial charge in [-0.1, -0.05) is 68.4 Å². The molecule has 0 amide bonds. The van der Waals surface area contributed by atoms with Gasteiger partial charge >= 0.3 is 0 Å². The normalized spacial score (nSPS) is 12.9. The quantitative estimate of drug-likeness (QED) is 0.171. The van der Waals surface area contributed by atoms with Crippen molar-refractivity contribution in [3.05, 3.63) is 177 Å². The molecule has 2 heteroatoms. The number of aryl methyl sites for hydroxylation is 8. The monoisotopic (exact) mass is 690 g/mol. The van der Waals surface area contributed by atoms with Gasteiger partial charge in [0.15, 0.2) is 0 Å². The molecule has 7 aromatic rings. The van der Waals surface area contributed by atoms with Gasteiger partial charge in [0.1, 0.15) is 0 Å². The molecule has 0 bridgehead atoms. The molecule has 0 spiro atoms. The smallest absolute Gasteiger partial charge is 0.0543 e. The molecule has 1 aliphatic rings. The van der Waals surface area contributed by atoms with Crippen LogP contribution in [0.3, 0.4) is 0 Å². The number of benzene rings is 7. The lowest BCUT2D eigenvalue weighted by Crippen LogP contribution is -2.18. The van der Waals surface area contributed by atoms with E-state index in [1.54, 1.807) is 0 Å². The summed E-state index contributed by atoms with van der Waals surface area (Å²) in [5.74, 6) is 0. The van der Waals surface area contributed by atoms with Gasteiger partial charge < -0.3 is 9.80 Å². The van der Waals surface area contributed by atoms with Crippen molar-refractivity contribution >= 4 is 44.9 Å². The summed E-state index contributed by atoms with van der Waals surface area (Å²) in [5.41, 5.74) is 22.4. The van der Waals surface area contributed by atoms with Crippen LogP contribution in [0, 0.1) is 55.4 Å². The van der Waals surface area contributed by atoms with Gasteiger partial charge in [0.2, 0.25) is 0 Å². The fraction of sp³-hybridized carbons (Fsp3) is 0.216. The summed E-state index contributed by atoms with van der Waals surface area (Å²) in [5, 5.41) is 2.54. The third-order valence-corrected chi connectivity index (χ3v) is 11.0. The van der Waals surface area contributed by atoms with Crippen molar-refractivity contribution < 1.29 is 0 Å². The number of fused-ring (bicyclic) bond motifs is 5. The fourth-order valence-electron chi connectivity index (χ4n) is 9.07. The Morgan fingerprint density at radius 3 is 1.19 bits per heavy atom. The second-order valence-corrected chi connectivity index (χ2v) is 16.3. The highest BCUT2D eigenvalue weighted by atomic mass is 15.1. The van der Waals surface area contributed by atoms with Crippen LogP contribution < -0.4 is 9.80 Å². The lowest BCUT2D eigenvalue weighted by Gasteiger charge is -2.31. The van der Waals surface area contributed by atoms with Crippen LogP contribution in [-0.2, 0) is 5.41 Å². The van der Waals surface area contributed by atoms with Gasteiger partial charge in [-0.2, -0.15) is 0 Å². The summed E-state index contributed by atoms with van der Waals surface area (Å²) in [7, 11) is 0. The minimum Gasteiger partial charge on any atom is -0.310 e. The second kappa shape index (κ2) is 12.8. The van der Waals surface area contributed by atoms with Crippen LogP contribution >= 0.6 is 0 Å². The first-order valence-electron chi connectivity index (χ1n) is 18.9. The van der Waals surface area contributed by atoms with Gasteiger partial charge in [-0.25, -0.2) is 0 Å². The van der Waals surface area contributed by atoms with E-state index in [0.717, 1.165) is 0 Å². The maximum atomic E-state index is 2.50. The zero-order valence-corrected chi connectivity index (χ0v) is 32.9. The average molecular weight is 691 g/mol. The maximum Gasteiger partial charge on any atom is 0.0543 e. The third kappa shape index (κ3) is 6.11. The number of nitrogens with zero attached hydrogens (tertiary/aromatic N) is 2. The van der Waals surface area contributed by atoms with Gasteiger partial charge in [-0.05, 0) is 194 Å². The number of rotatable bonds is 6. The van der Waals surface area contributed by atoms with Crippen LogP contribution in [0.4, 0.5) is 34.1 Å². The van der Waals surface area contributed by atoms with Gasteiger partial charge in [0, 0.05) is 39.2 Å². The molecule has 264 valence electrons. The molecular weight excluding hydrogens is 641 g/mol. The first-order chi connectivity index (χ1) is 25.3. The van der Waals surface area contributed by atoms with Crippen LogP contribution in [0.25, 0.3) is 21.9 Å². The summed E-state index contributed by atoms with van der Waals surface area (Å²) in [6.45, 7) is 22.4. The molecule has 7 aromatic carbocycles. The van der Waals surface area contributed by atoms with Crippen molar-refractivity contribution in [2.75, 3.05) is 9.80 Å². The highest BCUT2D eigenvalue weighted by Gasteiger charge is 2.38. The van der Waals surface area contributed by atoms with Gasteiger partial charge in [-0.15, -0.1) is 0 Å². The Kier molecular flexibility index (Phi) is 8.34. The fourth-order valence-corrected chi connectivity index (χ4v) is 9.07. The molecule has 0 unspecified atom stereocenters. The van der Waals surface area contributed by atoms with E-state index in [-0.39, 0.29) is 5.41 Å². The summed E-state index contributed by atoms with van der Waals surface area (Å²) >= 11 is 0. The van der Waals surface area contributed by atoms with E-state index in [2.05, 4.69) is 200 Å². The zero-order valence-electron chi connectivity index (χ0n) is 32.9. The standard InChI is InChI=1S/C51H50N2/c1-31-17-32(2)22-40(21-31)52(41-23-33(3)18-34(4)24-41)39-15-16-46-47(29-39)51(9,10)48-30-49(44-13-11-12-14-45(44)50(46)48)53(42-25-35(5)19-36(6)26-42)43-27-37(7)20-38(8)28-43/h11-30H,1-10H3. The lowest BCUT2D eigenvalue weighted by atomic mass is 9.81. The van der Waals surface area contributed by atoms with Gasteiger partial charge in [-0.3, -0.25) is 0 Å². The summed E-state index contributed by atoms with van der Waals surface area (Å²) in [4.78, 5) is 4.94. The van der Waals surface area contributed by atoms with Crippen molar-refractivity contribution in [1.82, 2.24) is 0 Å². The third-order valence-electron chi connectivity index (χ3n) is 11.0. The minimum atomic E-state index is -0.243. The predicted octanol–water partition coefficient (Wildman–Crippen LogP) is 14.6. The second-order valence-electron chi connectivity index (χ2n) is 16.3. The molecule has 0 N–H and O–H groups in total. The number of hydrogen-bond donors (Lipinski definition) is 0. The number of anilines is 6. The van der Waals surface area contributed by atoms with E-state index in [1.165, 1.54) is 112 Å². The molecule has 2 nitrogen and oxygen atoms in total. The highest BCUT2D eigenvalue weighted by Crippen LogP contribution is 2.56. The topological polar surface area (TPSA) is 6.48 Å². The van der Waals surface area contributed by atoms with Crippen LogP contribution in [0.15, 0.2) is 121 Å². The average Bonchev–Trinajstić information content (AvgIpc) is 3.29. The predicted molar refractivity (Wildman–Crippen MR) is 229 cm³/mol. The van der Waals surface area contributed by atoms with Crippen LogP contribution in [0.2, 0.25) is 0 Å². The molecule has 0 aromatic heterocycles. The van der Waals surface area contributed by atoms with E-state index >= 15 is 0 Å². The van der Waals surface area contributed by atoms with E-state index in [1.807, 2.05) is 0 Å². The highest BCUT2D eigenvalue weighted by molar-refractivity contribution is 6.10. The minimum absolute atomic E-state index is 0.243. The molecule has 0 heterocycles.